The number of hydrogen-bond donors (Lipinski definition) is 2. The summed E-state index contributed by atoms with van der Waals surface area (Å²) in [5.74, 6) is 0.125. The standard InChI is InChI=1S/C20H20FN5O2/c1-28-12-18(27)23-19-24-20-22-16(13-5-3-2-4-6-13)11-17(26(20)25-19)14-7-9-15(21)10-8-14/h2-10,16-17H,11-12H2,1H3,(H2,22,23,24,25,27)/t16-,17-/m0/s1. The maximum Gasteiger partial charge on any atom is 0.252 e. The Balaban J connectivity index is 1.69. The number of hydrogen-bond acceptors (Lipinski definition) is 5. The highest BCUT2D eigenvalue weighted by molar-refractivity contribution is 5.90. The molecule has 2 heterocycles. The van der Waals surface area contributed by atoms with Crippen LogP contribution in [0.3, 0.4) is 0 Å². The van der Waals surface area contributed by atoms with Crippen molar-refractivity contribution in [2.24, 2.45) is 0 Å². The first-order chi connectivity index (χ1) is 13.6. The van der Waals surface area contributed by atoms with Gasteiger partial charge in [-0.3, -0.25) is 10.1 Å². The molecule has 2 aromatic carbocycles. The van der Waals surface area contributed by atoms with E-state index in [-0.39, 0.29) is 36.4 Å². The SMILES string of the molecule is COCC(=O)Nc1nc2n(n1)[C@H](c1ccc(F)cc1)C[C@@H](c1ccccc1)N2. The Morgan fingerprint density at radius 1 is 1.21 bits per heavy atom. The highest BCUT2D eigenvalue weighted by Crippen LogP contribution is 2.38. The molecule has 1 aromatic heterocycles. The van der Waals surface area contributed by atoms with E-state index in [0.717, 1.165) is 11.1 Å². The van der Waals surface area contributed by atoms with E-state index in [9.17, 15) is 9.18 Å². The summed E-state index contributed by atoms with van der Waals surface area (Å²) < 4.78 is 20.0. The van der Waals surface area contributed by atoms with Crippen LogP contribution in [-0.4, -0.2) is 34.4 Å². The van der Waals surface area contributed by atoms with Crippen LogP contribution in [0.1, 0.15) is 29.6 Å². The van der Waals surface area contributed by atoms with E-state index in [0.29, 0.717) is 12.4 Å². The molecule has 0 radical (unpaired) electrons. The number of anilines is 2. The zero-order valence-corrected chi connectivity index (χ0v) is 15.3. The maximum absolute atomic E-state index is 13.4. The number of amides is 1. The minimum Gasteiger partial charge on any atom is -0.375 e. The minimum atomic E-state index is -0.330. The quantitative estimate of drug-likeness (QED) is 0.710. The number of ether oxygens (including phenoxy) is 1. The highest BCUT2D eigenvalue weighted by atomic mass is 19.1. The van der Waals surface area contributed by atoms with Crippen molar-refractivity contribution in [3.63, 3.8) is 0 Å². The predicted molar refractivity (Wildman–Crippen MR) is 102 cm³/mol. The summed E-state index contributed by atoms with van der Waals surface area (Å²) in [5, 5.41) is 10.5. The van der Waals surface area contributed by atoms with Gasteiger partial charge in [0.2, 0.25) is 5.95 Å². The Hall–Kier alpha value is -3.26. The van der Waals surface area contributed by atoms with E-state index in [1.807, 2.05) is 30.3 Å². The third kappa shape index (κ3) is 3.72. The van der Waals surface area contributed by atoms with Gasteiger partial charge in [-0.15, -0.1) is 5.10 Å². The molecular weight excluding hydrogens is 361 g/mol. The van der Waals surface area contributed by atoms with E-state index >= 15 is 0 Å². The third-order valence-electron chi connectivity index (χ3n) is 4.67. The summed E-state index contributed by atoms with van der Waals surface area (Å²) in [4.78, 5) is 16.2. The second-order valence-electron chi connectivity index (χ2n) is 6.60. The number of benzene rings is 2. The molecule has 8 heteroatoms. The number of carbonyl (C=O) groups is 1. The Morgan fingerprint density at radius 3 is 2.68 bits per heavy atom. The van der Waals surface area contributed by atoms with Crippen molar-refractivity contribution < 1.29 is 13.9 Å². The zero-order chi connectivity index (χ0) is 19.5. The van der Waals surface area contributed by atoms with Crippen LogP contribution in [0.5, 0.6) is 0 Å². The molecule has 0 saturated heterocycles. The number of rotatable bonds is 5. The van der Waals surface area contributed by atoms with E-state index < -0.39 is 0 Å². The molecular formula is C20H20FN5O2. The van der Waals surface area contributed by atoms with Gasteiger partial charge in [0.25, 0.3) is 11.9 Å². The molecule has 7 nitrogen and oxygen atoms in total. The predicted octanol–water partition coefficient (Wildman–Crippen LogP) is 3.15. The van der Waals surface area contributed by atoms with Gasteiger partial charge in [0.15, 0.2) is 0 Å². The van der Waals surface area contributed by atoms with Gasteiger partial charge in [0.05, 0.1) is 12.1 Å². The molecule has 144 valence electrons. The lowest BCUT2D eigenvalue weighted by molar-refractivity contribution is -0.119. The summed E-state index contributed by atoms with van der Waals surface area (Å²) >= 11 is 0. The molecule has 0 fully saturated rings. The molecule has 1 amide bonds. The normalized spacial score (nSPS) is 18.2. The van der Waals surface area contributed by atoms with Gasteiger partial charge in [-0.1, -0.05) is 42.5 Å². The Kier molecular flexibility index (Phi) is 5.03. The number of nitrogens with one attached hydrogen (secondary N) is 2. The van der Waals surface area contributed by atoms with Crippen LogP contribution in [0.15, 0.2) is 54.6 Å². The van der Waals surface area contributed by atoms with Gasteiger partial charge >= 0.3 is 0 Å². The largest absolute Gasteiger partial charge is 0.375 e. The fourth-order valence-corrected chi connectivity index (χ4v) is 3.39. The lowest BCUT2D eigenvalue weighted by Gasteiger charge is -2.31. The highest BCUT2D eigenvalue weighted by Gasteiger charge is 2.31. The monoisotopic (exact) mass is 381 g/mol. The Labute approximate surface area is 161 Å². The van der Waals surface area contributed by atoms with Gasteiger partial charge in [0.1, 0.15) is 12.4 Å². The fourth-order valence-electron chi connectivity index (χ4n) is 3.39. The minimum absolute atomic E-state index is 0.00970. The maximum atomic E-state index is 13.4. The number of aromatic nitrogens is 3. The summed E-state index contributed by atoms with van der Waals surface area (Å²) in [7, 11) is 1.45. The Bertz CT molecular complexity index is 958. The molecule has 0 saturated carbocycles. The first-order valence-electron chi connectivity index (χ1n) is 8.96. The van der Waals surface area contributed by atoms with Gasteiger partial charge in [-0.25, -0.2) is 9.07 Å². The molecule has 0 spiro atoms. The molecule has 0 aliphatic carbocycles. The number of nitrogens with zero attached hydrogens (tertiary/aromatic N) is 3. The van der Waals surface area contributed by atoms with E-state index in [1.54, 1.807) is 16.8 Å². The molecule has 0 bridgehead atoms. The molecule has 2 atom stereocenters. The van der Waals surface area contributed by atoms with Gasteiger partial charge in [-0.2, -0.15) is 4.98 Å². The zero-order valence-electron chi connectivity index (χ0n) is 15.3. The van der Waals surface area contributed by atoms with Crippen molar-refractivity contribution in [2.45, 2.75) is 18.5 Å². The lowest BCUT2D eigenvalue weighted by atomic mass is 9.93. The molecule has 2 N–H and O–H groups in total. The van der Waals surface area contributed by atoms with Crippen molar-refractivity contribution in [3.8, 4) is 0 Å². The second-order valence-corrected chi connectivity index (χ2v) is 6.60. The molecule has 0 unspecified atom stereocenters. The van der Waals surface area contributed by atoms with Crippen molar-refractivity contribution in [1.29, 1.82) is 0 Å². The summed E-state index contributed by atoms with van der Waals surface area (Å²) in [6.07, 6.45) is 0.706. The van der Waals surface area contributed by atoms with E-state index in [1.165, 1.54) is 19.2 Å². The average molecular weight is 381 g/mol. The van der Waals surface area contributed by atoms with Gasteiger partial charge in [-0.05, 0) is 29.7 Å². The first-order valence-corrected chi connectivity index (χ1v) is 8.96. The van der Waals surface area contributed by atoms with Crippen molar-refractivity contribution in [2.75, 3.05) is 24.4 Å². The third-order valence-corrected chi connectivity index (χ3v) is 4.67. The van der Waals surface area contributed by atoms with Crippen LogP contribution in [0.4, 0.5) is 16.3 Å². The molecule has 1 aliphatic rings. The number of methoxy groups -OCH3 is 1. The van der Waals surface area contributed by atoms with Gasteiger partial charge in [0, 0.05) is 7.11 Å². The number of carbonyl (C=O) groups excluding carboxylic acids is 1. The van der Waals surface area contributed by atoms with Gasteiger partial charge < -0.3 is 10.1 Å². The summed E-state index contributed by atoms with van der Waals surface area (Å²) in [6, 6.07) is 16.3. The van der Waals surface area contributed by atoms with Crippen molar-refractivity contribution in [3.05, 3.63) is 71.5 Å². The second kappa shape index (κ2) is 7.77. The van der Waals surface area contributed by atoms with Crippen LogP contribution in [0.2, 0.25) is 0 Å². The Morgan fingerprint density at radius 2 is 1.96 bits per heavy atom. The van der Waals surface area contributed by atoms with Crippen molar-refractivity contribution >= 4 is 17.8 Å². The number of fused-ring (bicyclic) bond motifs is 1. The van der Waals surface area contributed by atoms with Crippen molar-refractivity contribution in [1.82, 2.24) is 14.8 Å². The summed E-state index contributed by atoms with van der Waals surface area (Å²) in [5.41, 5.74) is 2.04. The fraction of sp³-hybridized carbons (Fsp3) is 0.250. The number of halogens is 1. The first kappa shape index (κ1) is 18.1. The van der Waals surface area contributed by atoms with Crippen LogP contribution in [0, 0.1) is 5.82 Å². The molecule has 3 aromatic rings. The molecule has 1 aliphatic heterocycles. The average Bonchev–Trinajstić information content (AvgIpc) is 3.11. The molecule has 28 heavy (non-hydrogen) atoms. The molecule has 4 rings (SSSR count). The van der Waals surface area contributed by atoms with Crippen LogP contribution in [-0.2, 0) is 9.53 Å². The topological polar surface area (TPSA) is 81.1 Å². The van der Waals surface area contributed by atoms with Crippen LogP contribution in [0.25, 0.3) is 0 Å². The smallest absolute Gasteiger partial charge is 0.252 e. The lowest BCUT2D eigenvalue weighted by Crippen LogP contribution is -2.28. The van der Waals surface area contributed by atoms with Crippen LogP contribution < -0.4 is 10.6 Å². The van der Waals surface area contributed by atoms with Crippen LogP contribution >= 0.6 is 0 Å². The summed E-state index contributed by atoms with van der Waals surface area (Å²) in [6.45, 7) is -0.0780. The van der Waals surface area contributed by atoms with E-state index in [4.69, 9.17) is 4.74 Å². The van der Waals surface area contributed by atoms with E-state index in [2.05, 4.69) is 20.7 Å².